The molecule has 5 rings (SSSR count). The monoisotopic (exact) mass is 665 g/mol. The summed E-state index contributed by atoms with van der Waals surface area (Å²) in [7, 11) is 0. The van der Waals surface area contributed by atoms with Gasteiger partial charge in [-0.3, -0.25) is 0 Å². The summed E-state index contributed by atoms with van der Waals surface area (Å²) in [6.07, 6.45) is 7.85. The normalized spacial score (nSPS) is 20.1. The van der Waals surface area contributed by atoms with Crippen LogP contribution in [-0.4, -0.2) is 110 Å². The van der Waals surface area contributed by atoms with Crippen LogP contribution in [0.4, 0.5) is 5.82 Å². The van der Waals surface area contributed by atoms with E-state index in [9.17, 15) is 0 Å². The molecule has 0 aliphatic carbocycles. The van der Waals surface area contributed by atoms with E-state index in [1.165, 1.54) is 89.7 Å². The quantitative estimate of drug-likeness (QED) is 0.261. The van der Waals surface area contributed by atoms with Gasteiger partial charge in [-0.25, -0.2) is 0 Å². The first kappa shape index (κ1) is 30.0. The first-order chi connectivity index (χ1) is 19.2. The van der Waals surface area contributed by atoms with Crippen molar-refractivity contribution in [1.29, 1.82) is 0 Å². The number of nitrogens with zero attached hydrogens (tertiary/aromatic N) is 5. The molecule has 3 aliphatic rings. The molecule has 0 unspecified atom stereocenters. The van der Waals surface area contributed by atoms with Crippen LogP contribution >= 0.6 is 11.3 Å². The van der Waals surface area contributed by atoms with E-state index in [1.807, 2.05) is 11.3 Å². The summed E-state index contributed by atoms with van der Waals surface area (Å²) in [6, 6.07) is 3.12. The molecule has 218 valence electrons. The van der Waals surface area contributed by atoms with Gasteiger partial charge in [0.1, 0.15) is 0 Å². The molecule has 9 heteroatoms. The average Bonchev–Trinajstić information content (AvgIpc) is 3.37. The van der Waals surface area contributed by atoms with Crippen molar-refractivity contribution < 1.29 is 9.47 Å². The van der Waals surface area contributed by atoms with Gasteiger partial charge in [-0.2, -0.15) is 0 Å². The minimum absolute atomic E-state index is 0.698. The first-order valence-electron chi connectivity index (χ1n) is 15.8. The molecule has 3 aliphatic heterocycles. The molecule has 0 atom stereocenters. The summed E-state index contributed by atoms with van der Waals surface area (Å²) in [5.74, 6) is 1.22. The van der Waals surface area contributed by atoms with E-state index >= 15 is 0 Å². The number of fused-ring (bicyclic) bond motifs is 1. The first-order valence-corrected chi connectivity index (χ1v) is 24.1. The Morgan fingerprint density at radius 2 is 1.44 bits per heavy atom. The Morgan fingerprint density at radius 3 is 2.03 bits per heavy atom. The summed E-state index contributed by atoms with van der Waals surface area (Å²) < 4.78 is 18.2. The van der Waals surface area contributed by atoms with Crippen molar-refractivity contribution in [3.8, 4) is 0 Å². The fourth-order valence-corrected chi connectivity index (χ4v) is 22.6. The maximum absolute atomic E-state index is 5.74. The van der Waals surface area contributed by atoms with Gasteiger partial charge in [0, 0.05) is 0 Å². The van der Waals surface area contributed by atoms with Crippen LogP contribution in [0.15, 0.2) is 6.07 Å². The number of ether oxygens (including phenoxy) is 2. The molecule has 0 spiro atoms. The van der Waals surface area contributed by atoms with Crippen LogP contribution in [0.2, 0.25) is 13.3 Å². The predicted molar refractivity (Wildman–Crippen MR) is 166 cm³/mol. The standard InChI is InChI=1S/C18H24N5O2S.3C4H9.Sn/c1-5-24-6-2-22(1)14-10-21(11-14)12-15-9-16-17(26-15)18(20-13-19-16)23-3-7-25-8-4-23;3*1-3-4-2;/h9,14H,1-8,10-12H2;3*1,3-4H2,2H3;. The fourth-order valence-electron chi connectivity index (χ4n) is 6.59. The minimum atomic E-state index is -2.76. The molecule has 0 aromatic carbocycles. The Hall–Kier alpha value is -0.521. The zero-order valence-electron chi connectivity index (χ0n) is 24.8. The molecule has 5 heterocycles. The maximum atomic E-state index is 5.74. The second-order valence-electron chi connectivity index (χ2n) is 12.0. The van der Waals surface area contributed by atoms with E-state index in [4.69, 9.17) is 19.4 Å². The average molecular weight is 665 g/mol. The van der Waals surface area contributed by atoms with Crippen LogP contribution in [-0.2, 0) is 16.0 Å². The molecule has 2 aromatic rings. The van der Waals surface area contributed by atoms with Gasteiger partial charge in [0.15, 0.2) is 0 Å². The Morgan fingerprint density at radius 1 is 0.846 bits per heavy atom. The van der Waals surface area contributed by atoms with Gasteiger partial charge >= 0.3 is 241 Å². The number of thiophene rings is 1. The van der Waals surface area contributed by atoms with Crippen LogP contribution < -0.4 is 8.74 Å². The van der Waals surface area contributed by atoms with Crippen molar-refractivity contribution >= 4 is 49.6 Å². The number of likely N-dealkylation sites (tertiary alicyclic amines) is 1. The van der Waals surface area contributed by atoms with E-state index in [2.05, 4.69) is 41.5 Å². The molecule has 39 heavy (non-hydrogen) atoms. The Kier molecular flexibility index (Phi) is 11.2. The second-order valence-corrected chi connectivity index (χ2v) is 26.0. The third-order valence-corrected chi connectivity index (χ3v) is 24.8. The molecule has 0 bridgehead atoms. The van der Waals surface area contributed by atoms with Crippen molar-refractivity contribution in [1.82, 2.24) is 19.8 Å². The molecule has 3 fully saturated rings. The molecule has 7 nitrogen and oxygen atoms in total. The summed E-state index contributed by atoms with van der Waals surface area (Å²) in [4.78, 5) is 20.3. The van der Waals surface area contributed by atoms with Gasteiger partial charge in [-0.15, -0.1) is 0 Å². The van der Waals surface area contributed by atoms with Gasteiger partial charge in [0.25, 0.3) is 0 Å². The number of hydrogen-bond acceptors (Lipinski definition) is 8. The molecular formula is C30H51N5O2SSn. The van der Waals surface area contributed by atoms with E-state index in [0.29, 0.717) is 6.04 Å². The molecule has 0 radical (unpaired) electrons. The van der Waals surface area contributed by atoms with Crippen molar-refractivity contribution in [3.05, 3.63) is 10.9 Å². The predicted octanol–water partition coefficient (Wildman–Crippen LogP) is 5.10. The van der Waals surface area contributed by atoms with Crippen molar-refractivity contribution in [3.63, 3.8) is 0 Å². The van der Waals surface area contributed by atoms with E-state index in [0.717, 1.165) is 59.2 Å². The number of aromatic nitrogens is 2. The van der Waals surface area contributed by atoms with Gasteiger partial charge in [-0.05, 0) is 0 Å². The summed E-state index contributed by atoms with van der Waals surface area (Å²) >= 11 is -0.813. The van der Waals surface area contributed by atoms with Crippen LogP contribution in [0.5, 0.6) is 0 Å². The fraction of sp³-hybridized carbons (Fsp3) is 0.800. The Labute approximate surface area is 244 Å². The molecular weight excluding hydrogens is 613 g/mol. The molecule has 3 saturated heterocycles. The van der Waals surface area contributed by atoms with E-state index in [1.54, 1.807) is 0 Å². The second kappa shape index (κ2) is 14.6. The zero-order chi connectivity index (χ0) is 27.1. The van der Waals surface area contributed by atoms with Crippen LogP contribution in [0.3, 0.4) is 0 Å². The van der Waals surface area contributed by atoms with Gasteiger partial charge in [0.2, 0.25) is 0 Å². The summed E-state index contributed by atoms with van der Waals surface area (Å²) in [5.41, 5.74) is 1.22. The van der Waals surface area contributed by atoms with Crippen LogP contribution in [0, 0.1) is 0 Å². The van der Waals surface area contributed by atoms with Crippen molar-refractivity contribution in [2.45, 2.75) is 85.2 Å². The molecule has 0 N–H and O–H groups in total. The third kappa shape index (κ3) is 7.28. The SMILES string of the molecule is CCC[CH2][Sn]([CH2]CCC)([CH2]CCC)[c]1nc(N2CCOCC2)c2sc(CN3CC(N4CCOCC4)C3)cc2n1. The van der Waals surface area contributed by atoms with E-state index < -0.39 is 18.4 Å². The molecule has 2 aromatic heterocycles. The Balaban J connectivity index is 1.44. The zero-order valence-corrected chi connectivity index (χ0v) is 28.4. The number of hydrogen-bond donors (Lipinski definition) is 0. The number of anilines is 1. The van der Waals surface area contributed by atoms with Gasteiger partial charge in [0.05, 0.1) is 0 Å². The number of rotatable bonds is 14. The van der Waals surface area contributed by atoms with E-state index in [-0.39, 0.29) is 0 Å². The molecule has 0 saturated carbocycles. The summed E-state index contributed by atoms with van der Waals surface area (Å²) in [5, 5.41) is 0. The van der Waals surface area contributed by atoms with Gasteiger partial charge in [-0.1, -0.05) is 0 Å². The topological polar surface area (TPSA) is 54.0 Å². The molecule has 0 amide bonds. The third-order valence-electron chi connectivity index (χ3n) is 9.10. The number of unbranched alkanes of at least 4 members (excludes halogenated alkanes) is 3. The Bertz CT molecular complexity index is 1010. The van der Waals surface area contributed by atoms with Crippen molar-refractivity contribution in [2.75, 3.05) is 70.6 Å². The number of morpholine rings is 2. The van der Waals surface area contributed by atoms with Gasteiger partial charge < -0.3 is 4.74 Å². The summed E-state index contributed by atoms with van der Waals surface area (Å²) in [6.45, 7) is 17.9. The van der Waals surface area contributed by atoms with Crippen LogP contribution in [0.1, 0.15) is 64.2 Å². The van der Waals surface area contributed by atoms with Crippen LogP contribution in [0.25, 0.3) is 10.2 Å². The van der Waals surface area contributed by atoms with Crippen molar-refractivity contribution in [2.24, 2.45) is 0 Å².